The molecule has 5 heteroatoms. The lowest BCUT2D eigenvalue weighted by Gasteiger charge is -2.35. The lowest BCUT2D eigenvalue weighted by molar-refractivity contribution is 0.139. The van der Waals surface area contributed by atoms with E-state index in [1.807, 2.05) is 6.92 Å². The number of rotatable bonds is 6. The molecule has 0 spiro atoms. The number of aryl methyl sites for hydroxylation is 2. The summed E-state index contributed by atoms with van der Waals surface area (Å²) in [6, 6.07) is 0.644. The lowest BCUT2D eigenvalue weighted by atomic mass is 10.0. The Labute approximate surface area is 134 Å². The highest BCUT2D eigenvalue weighted by atomic mass is 16.5. The molecule has 1 atom stereocenters. The predicted octanol–water partition coefficient (Wildman–Crippen LogP) is 1.94. The van der Waals surface area contributed by atoms with E-state index in [-0.39, 0.29) is 0 Å². The van der Waals surface area contributed by atoms with Gasteiger partial charge in [-0.15, -0.1) is 0 Å². The van der Waals surface area contributed by atoms with Crippen molar-refractivity contribution < 1.29 is 4.52 Å². The normalized spacial score (nSPS) is 23.5. The maximum absolute atomic E-state index is 5.36. The minimum absolute atomic E-state index is 0.644. The smallest absolute Gasteiger partial charge is 0.138 e. The van der Waals surface area contributed by atoms with E-state index < -0.39 is 0 Å². The van der Waals surface area contributed by atoms with Gasteiger partial charge >= 0.3 is 0 Å². The number of likely N-dealkylation sites (tertiary alicyclic amines) is 1. The summed E-state index contributed by atoms with van der Waals surface area (Å²) in [7, 11) is 0. The van der Waals surface area contributed by atoms with Crippen molar-refractivity contribution in [3.05, 3.63) is 17.0 Å². The summed E-state index contributed by atoms with van der Waals surface area (Å²) in [5.74, 6) is 0.979. The van der Waals surface area contributed by atoms with Crippen LogP contribution in [0.5, 0.6) is 0 Å². The van der Waals surface area contributed by atoms with Crippen LogP contribution >= 0.6 is 0 Å². The number of hydrogen-bond donors (Lipinski definition) is 1. The molecular formula is C17H30N4O. The van der Waals surface area contributed by atoms with E-state index in [0.29, 0.717) is 6.04 Å². The number of aromatic nitrogens is 1. The molecule has 0 radical (unpaired) electrons. The Morgan fingerprint density at radius 3 is 2.73 bits per heavy atom. The van der Waals surface area contributed by atoms with E-state index in [0.717, 1.165) is 31.1 Å². The Morgan fingerprint density at radius 1 is 1.27 bits per heavy atom. The molecule has 1 aromatic heterocycles. The monoisotopic (exact) mass is 306 g/mol. The van der Waals surface area contributed by atoms with Crippen LogP contribution in [0.4, 0.5) is 0 Å². The van der Waals surface area contributed by atoms with Gasteiger partial charge in [-0.3, -0.25) is 4.90 Å². The van der Waals surface area contributed by atoms with Crippen molar-refractivity contribution in [2.45, 2.75) is 52.1 Å². The fourth-order valence-corrected chi connectivity index (χ4v) is 3.74. The highest BCUT2D eigenvalue weighted by Crippen LogP contribution is 2.19. The van der Waals surface area contributed by atoms with Crippen molar-refractivity contribution in [1.82, 2.24) is 20.3 Å². The average Bonchev–Trinajstić information content (AvgIpc) is 3.16. The highest BCUT2D eigenvalue weighted by Gasteiger charge is 2.24. The van der Waals surface area contributed by atoms with E-state index in [9.17, 15) is 0 Å². The maximum atomic E-state index is 5.36. The summed E-state index contributed by atoms with van der Waals surface area (Å²) in [5.41, 5.74) is 2.33. The molecular weight excluding hydrogens is 276 g/mol. The number of nitrogens with one attached hydrogen (secondary N) is 1. The Morgan fingerprint density at radius 2 is 2.09 bits per heavy atom. The second kappa shape index (κ2) is 7.57. The van der Waals surface area contributed by atoms with Gasteiger partial charge in [-0.05, 0) is 59.2 Å². The van der Waals surface area contributed by atoms with Crippen LogP contribution < -0.4 is 5.32 Å². The molecule has 3 heterocycles. The van der Waals surface area contributed by atoms with E-state index in [4.69, 9.17) is 4.52 Å². The molecule has 0 saturated carbocycles. The van der Waals surface area contributed by atoms with Gasteiger partial charge in [0.2, 0.25) is 0 Å². The van der Waals surface area contributed by atoms with Crippen LogP contribution in [0.3, 0.4) is 0 Å². The van der Waals surface area contributed by atoms with Crippen LogP contribution in [-0.4, -0.2) is 60.3 Å². The van der Waals surface area contributed by atoms with Gasteiger partial charge in [0.1, 0.15) is 5.76 Å². The van der Waals surface area contributed by atoms with Crippen molar-refractivity contribution in [3.8, 4) is 0 Å². The van der Waals surface area contributed by atoms with Crippen LogP contribution in [0.1, 0.15) is 42.7 Å². The minimum Gasteiger partial charge on any atom is -0.361 e. The van der Waals surface area contributed by atoms with Crippen LogP contribution in [0.2, 0.25) is 0 Å². The fourth-order valence-electron chi connectivity index (χ4n) is 3.74. The molecule has 0 amide bonds. The van der Waals surface area contributed by atoms with Crippen molar-refractivity contribution in [3.63, 3.8) is 0 Å². The number of piperidine rings is 1. The first kappa shape index (κ1) is 16.0. The summed E-state index contributed by atoms with van der Waals surface area (Å²) < 4.78 is 5.36. The third kappa shape index (κ3) is 3.89. The molecule has 1 N–H and O–H groups in total. The molecule has 2 aliphatic heterocycles. The molecule has 2 aliphatic rings. The van der Waals surface area contributed by atoms with Gasteiger partial charge in [0.05, 0.1) is 5.69 Å². The van der Waals surface area contributed by atoms with Gasteiger partial charge in [0.25, 0.3) is 0 Å². The molecule has 5 nitrogen and oxygen atoms in total. The Hall–Kier alpha value is -0.910. The topological polar surface area (TPSA) is 44.5 Å². The zero-order chi connectivity index (χ0) is 15.4. The van der Waals surface area contributed by atoms with Gasteiger partial charge in [-0.1, -0.05) is 5.16 Å². The van der Waals surface area contributed by atoms with Crippen molar-refractivity contribution in [2.24, 2.45) is 0 Å². The first-order chi connectivity index (χ1) is 10.7. The Balaban J connectivity index is 1.64. The third-order valence-corrected chi connectivity index (χ3v) is 5.23. The quantitative estimate of drug-likeness (QED) is 0.870. The van der Waals surface area contributed by atoms with Gasteiger partial charge < -0.3 is 14.7 Å². The van der Waals surface area contributed by atoms with Crippen molar-refractivity contribution >= 4 is 0 Å². The molecule has 0 bridgehead atoms. The molecule has 2 fully saturated rings. The number of hydrogen-bond acceptors (Lipinski definition) is 5. The predicted molar refractivity (Wildman–Crippen MR) is 88.0 cm³/mol. The van der Waals surface area contributed by atoms with Gasteiger partial charge in [0, 0.05) is 37.8 Å². The first-order valence-electron chi connectivity index (χ1n) is 8.83. The molecule has 3 rings (SSSR count). The Bertz CT molecular complexity index is 442. The standard InChI is InChI=1S/C17H30N4O/c1-14-17(15(2)22-19-14)13-21(16-6-5-7-18-12-16)11-10-20-8-3-4-9-20/h16,18H,3-13H2,1-2H3. The molecule has 0 aromatic carbocycles. The summed E-state index contributed by atoms with van der Waals surface area (Å²) in [6.07, 6.45) is 5.33. The molecule has 2 saturated heterocycles. The van der Waals surface area contributed by atoms with Crippen LogP contribution in [-0.2, 0) is 6.54 Å². The van der Waals surface area contributed by atoms with Gasteiger partial charge in [-0.25, -0.2) is 0 Å². The van der Waals surface area contributed by atoms with Crippen LogP contribution in [0.15, 0.2) is 4.52 Å². The highest BCUT2D eigenvalue weighted by molar-refractivity contribution is 5.20. The van der Waals surface area contributed by atoms with Gasteiger partial charge in [-0.2, -0.15) is 0 Å². The van der Waals surface area contributed by atoms with Crippen LogP contribution in [0, 0.1) is 13.8 Å². The summed E-state index contributed by atoms with van der Waals surface area (Å²) in [6.45, 7) is 12.3. The minimum atomic E-state index is 0.644. The lowest BCUT2D eigenvalue weighted by Crippen LogP contribution is -2.48. The van der Waals surface area contributed by atoms with Gasteiger partial charge in [0.15, 0.2) is 0 Å². The number of nitrogens with zero attached hydrogens (tertiary/aromatic N) is 3. The SMILES string of the molecule is Cc1noc(C)c1CN(CCN1CCCC1)C1CCCNC1. The second-order valence-corrected chi connectivity index (χ2v) is 6.82. The molecule has 124 valence electrons. The zero-order valence-electron chi connectivity index (χ0n) is 14.1. The summed E-state index contributed by atoms with van der Waals surface area (Å²) in [5, 5.41) is 7.68. The van der Waals surface area contributed by atoms with Crippen molar-refractivity contribution in [2.75, 3.05) is 39.3 Å². The summed E-state index contributed by atoms with van der Waals surface area (Å²) in [4.78, 5) is 5.26. The zero-order valence-corrected chi connectivity index (χ0v) is 14.1. The maximum Gasteiger partial charge on any atom is 0.138 e. The fraction of sp³-hybridized carbons (Fsp3) is 0.824. The Kier molecular flexibility index (Phi) is 5.50. The molecule has 1 unspecified atom stereocenters. The van der Waals surface area contributed by atoms with E-state index in [1.165, 1.54) is 57.4 Å². The summed E-state index contributed by atoms with van der Waals surface area (Å²) >= 11 is 0. The largest absolute Gasteiger partial charge is 0.361 e. The van der Waals surface area contributed by atoms with E-state index in [2.05, 4.69) is 27.2 Å². The second-order valence-electron chi connectivity index (χ2n) is 6.82. The third-order valence-electron chi connectivity index (χ3n) is 5.23. The van der Waals surface area contributed by atoms with E-state index >= 15 is 0 Å². The molecule has 22 heavy (non-hydrogen) atoms. The molecule has 0 aliphatic carbocycles. The molecule has 1 aromatic rings. The first-order valence-corrected chi connectivity index (χ1v) is 8.83. The van der Waals surface area contributed by atoms with E-state index in [1.54, 1.807) is 0 Å². The van der Waals surface area contributed by atoms with Crippen molar-refractivity contribution in [1.29, 1.82) is 0 Å². The van der Waals surface area contributed by atoms with Crippen LogP contribution in [0.25, 0.3) is 0 Å². The average molecular weight is 306 g/mol.